The normalized spacial score (nSPS) is 22.2. The third-order valence-corrected chi connectivity index (χ3v) is 7.50. The van der Waals surface area contributed by atoms with Gasteiger partial charge in [-0.2, -0.15) is 22.1 Å². The van der Waals surface area contributed by atoms with Crippen molar-refractivity contribution in [1.29, 1.82) is 0 Å². The Morgan fingerprint density at radius 3 is 2.61 bits per heavy atom. The maximum atomic E-state index is 13.0. The number of nitrogens with zero attached hydrogens (tertiary/aromatic N) is 4. The zero-order valence-electron chi connectivity index (χ0n) is 16.3. The molecule has 2 aromatic rings. The van der Waals surface area contributed by atoms with Gasteiger partial charge in [0.05, 0.1) is 0 Å². The summed E-state index contributed by atoms with van der Waals surface area (Å²) in [6.45, 7) is 4.33. The molecule has 0 spiro atoms. The lowest BCUT2D eigenvalue weighted by Crippen LogP contribution is -2.49. The lowest BCUT2D eigenvalue weighted by Gasteiger charge is -2.36. The van der Waals surface area contributed by atoms with E-state index in [1.165, 1.54) is 0 Å². The molecule has 152 valence electrons. The third kappa shape index (κ3) is 4.21. The van der Waals surface area contributed by atoms with Gasteiger partial charge in [0.25, 0.3) is 10.2 Å². The molecule has 0 amide bonds. The molecule has 8 nitrogen and oxygen atoms in total. The van der Waals surface area contributed by atoms with Crippen LogP contribution in [0, 0.1) is 6.92 Å². The molecular weight excluding hydrogens is 376 g/mol. The first-order valence-corrected chi connectivity index (χ1v) is 11.4. The van der Waals surface area contributed by atoms with Gasteiger partial charge in [0.1, 0.15) is 5.82 Å². The van der Waals surface area contributed by atoms with Gasteiger partial charge in [-0.25, -0.2) is 4.98 Å². The van der Waals surface area contributed by atoms with Gasteiger partial charge in [-0.3, -0.25) is 5.10 Å². The van der Waals surface area contributed by atoms with E-state index in [0.717, 1.165) is 55.1 Å². The zero-order chi connectivity index (χ0) is 19.6. The molecule has 0 bridgehead atoms. The topological polar surface area (TPSA) is 94.2 Å². The van der Waals surface area contributed by atoms with E-state index in [0.29, 0.717) is 26.2 Å². The van der Waals surface area contributed by atoms with Crippen molar-refractivity contribution in [3.8, 4) is 0 Å². The molecule has 2 fully saturated rings. The standard InChI is InChI=1S/C19H28N6O2S/c1-15-13-19(23-22-15)21-18-9-5-8-17(20-18)16-7-6-12-25(14-16)28(26,27)24-10-3-2-4-11-24/h5,8-9,13,16H,2-4,6-7,10-12,14H2,1H3,(H2,20,21,22,23)/t16-/m1/s1. The molecule has 4 rings (SSSR count). The number of pyridine rings is 1. The molecule has 0 unspecified atom stereocenters. The van der Waals surface area contributed by atoms with Gasteiger partial charge >= 0.3 is 0 Å². The summed E-state index contributed by atoms with van der Waals surface area (Å²) in [7, 11) is -3.37. The summed E-state index contributed by atoms with van der Waals surface area (Å²) in [6, 6.07) is 7.77. The first kappa shape index (κ1) is 19.4. The summed E-state index contributed by atoms with van der Waals surface area (Å²) in [4.78, 5) is 4.73. The Morgan fingerprint density at radius 2 is 1.86 bits per heavy atom. The van der Waals surface area contributed by atoms with Crippen molar-refractivity contribution in [2.45, 2.75) is 44.9 Å². The molecule has 4 heterocycles. The zero-order valence-corrected chi connectivity index (χ0v) is 17.1. The molecule has 0 saturated carbocycles. The van der Waals surface area contributed by atoms with E-state index in [2.05, 4.69) is 15.5 Å². The van der Waals surface area contributed by atoms with Crippen LogP contribution >= 0.6 is 0 Å². The monoisotopic (exact) mass is 404 g/mol. The van der Waals surface area contributed by atoms with Crippen LogP contribution < -0.4 is 5.32 Å². The molecule has 9 heteroatoms. The lowest BCUT2D eigenvalue weighted by atomic mass is 9.95. The summed E-state index contributed by atoms with van der Waals surface area (Å²) in [5, 5.41) is 10.3. The van der Waals surface area contributed by atoms with Crippen LogP contribution in [0.2, 0.25) is 0 Å². The van der Waals surface area contributed by atoms with Crippen LogP contribution in [0.4, 0.5) is 11.6 Å². The lowest BCUT2D eigenvalue weighted by molar-refractivity contribution is 0.266. The number of hydrogen-bond donors (Lipinski definition) is 2. The van der Waals surface area contributed by atoms with E-state index in [-0.39, 0.29) is 5.92 Å². The molecule has 2 aromatic heterocycles. The predicted octanol–water partition coefficient (Wildman–Crippen LogP) is 2.77. The Kier molecular flexibility index (Phi) is 5.65. The number of hydrogen-bond acceptors (Lipinski definition) is 5. The molecular formula is C19H28N6O2S. The summed E-state index contributed by atoms with van der Waals surface area (Å²) >= 11 is 0. The Balaban J connectivity index is 1.47. The van der Waals surface area contributed by atoms with Crippen LogP contribution in [0.1, 0.15) is 49.4 Å². The first-order chi connectivity index (χ1) is 13.5. The van der Waals surface area contributed by atoms with Crippen LogP contribution in [0.25, 0.3) is 0 Å². The number of aryl methyl sites for hydroxylation is 1. The maximum Gasteiger partial charge on any atom is 0.281 e. The van der Waals surface area contributed by atoms with Crippen LogP contribution in [0.5, 0.6) is 0 Å². The number of piperidine rings is 2. The summed E-state index contributed by atoms with van der Waals surface area (Å²) in [6.07, 6.45) is 4.84. The van der Waals surface area contributed by atoms with Crippen molar-refractivity contribution in [1.82, 2.24) is 23.8 Å². The van der Waals surface area contributed by atoms with Gasteiger partial charge in [-0.05, 0) is 44.7 Å². The van der Waals surface area contributed by atoms with Crippen LogP contribution in [0.3, 0.4) is 0 Å². The second-order valence-corrected chi connectivity index (χ2v) is 9.60. The van der Waals surface area contributed by atoms with Gasteiger partial charge in [0, 0.05) is 49.6 Å². The Hall–Kier alpha value is -1.97. The average Bonchev–Trinajstić information content (AvgIpc) is 3.13. The van der Waals surface area contributed by atoms with Crippen molar-refractivity contribution < 1.29 is 8.42 Å². The molecule has 2 aliphatic rings. The highest BCUT2D eigenvalue weighted by Crippen LogP contribution is 2.30. The second-order valence-electron chi connectivity index (χ2n) is 7.67. The van der Waals surface area contributed by atoms with Crippen molar-refractivity contribution >= 4 is 21.8 Å². The van der Waals surface area contributed by atoms with E-state index >= 15 is 0 Å². The van der Waals surface area contributed by atoms with E-state index in [1.807, 2.05) is 31.2 Å². The first-order valence-electron chi connectivity index (χ1n) is 10.0. The number of nitrogens with one attached hydrogen (secondary N) is 2. The molecule has 1 atom stereocenters. The van der Waals surface area contributed by atoms with E-state index in [4.69, 9.17) is 4.98 Å². The Morgan fingerprint density at radius 1 is 1.07 bits per heavy atom. The van der Waals surface area contributed by atoms with E-state index in [1.54, 1.807) is 8.61 Å². The number of anilines is 2. The Labute approximate surface area is 166 Å². The molecule has 28 heavy (non-hydrogen) atoms. The molecule has 2 N–H and O–H groups in total. The van der Waals surface area contributed by atoms with Gasteiger partial charge < -0.3 is 5.32 Å². The number of aromatic amines is 1. The highest BCUT2D eigenvalue weighted by Gasteiger charge is 2.35. The fourth-order valence-electron chi connectivity index (χ4n) is 4.01. The molecule has 0 aromatic carbocycles. The fourth-order valence-corrected chi connectivity index (χ4v) is 5.79. The smallest absolute Gasteiger partial charge is 0.281 e. The average molecular weight is 405 g/mol. The van der Waals surface area contributed by atoms with Gasteiger partial charge in [-0.15, -0.1) is 0 Å². The molecule has 2 saturated heterocycles. The quantitative estimate of drug-likeness (QED) is 0.799. The van der Waals surface area contributed by atoms with Gasteiger partial charge in [0.15, 0.2) is 5.82 Å². The van der Waals surface area contributed by atoms with E-state index in [9.17, 15) is 8.42 Å². The second kappa shape index (κ2) is 8.18. The van der Waals surface area contributed by atoms with Gasteiger partial charge in [-0.1, -0.05) is 12.5 Å². The van der Waals surface area contributed by atoms with E-state index < -0.39 is 10.2 Å². The van der Waals surface area contributed by atoms with Gasteiger partial charge in [0.2, 0.25) is 0 Å². The van der Waals surface area contributed by atoms with Crippen molar-refractivity contribution in [3.63, 3.8) is 0 Å². The molecule has 0 aliphatic carbocycles. The van der Waals surface area contributed by atoms with Crippen LogP contribution in [-0.4, -0.2) is 58.4 Å². The summed E-state index contributed by atoms with van der Waals surface area (Å²) < 4.78 is 29.4. The number of aromatic nitrogens is 3. The number of rotatable bonds is 5. The summed E-state index contributed by atoms with van der Waals surface area (Å²) in [5.74, 6) is 1.55. The molecule has 2 aliphatic heterocycles. The van der Waals surface area contributed by atoms with Crippen LogP contribution in [0.15, 0.2) is 24.3 Å². The number of H-pyrrole nitrogens is 1. The fraction of sp³-hybridized carbons (Fsp3) is 0.579. The highest BCUT2D eigenvalue weighted by molar-refractivity contribution is 7.86. The van der Waals surface area contributed by atoms with Crippen LogP contribution in [-0.2, 0) is 10.2 Å². The minimum absolute atomic E-state index is 0.107. The molecule has 0 radical (unpaired) electrons. The Bertz CT molecular complexity index is 907. The third-order valence-electron chi connectivity index (χ3n) is 5.50. The highest BCUT2D eigenvalue weighted by atomic mass is 32.2. The van der Waals surface area contributed by atoms with Crippen molar-refractivity contribution in [2.75, 3.05) is 31.5 Å². The minimum Gasteiger partial charge on any atom is -0.323 e. The minimum atomic E-state index is -3.37. The predicted molar refractivity (Wildman–Crippen MR) is 109 cm³/mol. The largest absolute Gasteiger partial charge is 0.323 e. The van der Waals surface area contributed by atoms with Crippen molar-refractivity contribution in [2.24, 2.45) is 0 Å². The van der Waals surface area contributed by atoms with Crippen molar-refractivity contribution in [3.05, 3.63) is 35.7 Å². The maximum absolute atomic E-state index is 13.0. The SMILES string of the molecule is Cc1cc(Nc2cccc([C@@H]3CCCN(S(=O)(=O)N4CCCCC4)C3)n2)n[nH]1. The summed E-state index contributed by atoms with van der Waals surface area (Å²) in [5.41, 5.74) is 1.90.